The third-order valence-electron chi connectivity index (χ3n) is 4.36. The Morgan fingerprint density at radius 2 is 2.00 bits per heavy atom. The lowest BCUT2D eigenvalue weighted by molar-refractivity contribution is -0.141. The van der Waals surface area contributed by atoms with E-state index in [1.165, 1.54) is 0 Å². The number of carbonyl (C=O) groups is 2. The highest BCUT2D eigenvalue weighted by Gasteiger charge is 2.31. The Morgan fingerprint density at radius 1 is 1.33 bits per heavy atom. The van der Waals surface area contributed by atoms with Crippen molar-refractivity contribution in [2.75, 3.05) is 0 Å². The van der Waals surface area contributed by atoms with Gasteiger partial charge in [-0.1, -0.05) is 0 Å². The van der Waals surface area contributed by atoms with Crippen molar-refractivity contribution in [3.63, 3.8) is 0 Å². The number of hydrogen-bond acceptors (Lipinski definition) is 2. The van der Waals surface area contributed by atoms with Crippen LogP contribution in [0.2, 0.25) is 0 Å². The molecular formula is C16H24N2O3. The number of aromatic nitrogens is 1. The zero-order valence-electron chi connectivity index (χ0n) is 13.1. The molecule has 0 radical (unpaired) electrons. The fourth-order valence-electron chi connectivity index (χ4n) is 3.40. The highest BCUT2D eigenvalue weighted by Crippen LogP contribution is 2.26. The van der Waals surface area contributed by atoms with E-state index < -0.39 is 5.97 Å². The van der Waals surface area contributed by atoms with Crippen LogP contribution in [0.4, 0.5) is 0 Å². The van der Waals surface area contributed by atoms with Crippen molar-refractivity contribution >= 4 is 11.9 Å². The number of carbonyl (C=O) groups excluding carboxylic acids is 1. The van der Waals surface area contributed by atoms with Crippen molar-refractivity contribution in [1.82, 2.24) is 9.88 Å². The van der Waals surface area contributed by atoms with Gasteiger partial charge < -0.3 is 15.0 Å². The molecule has 1 aliphatic carbocycles. The standard InChI is InChI=1S/C16H24N2O3/c1-9(2)18-10(3)7-14(11(18)4)15(19)17-13-6-5-12(8-13)16(20)21/h7,9,12-13H,5-6,8H2,1-4H3,(H,17,19)(H,20,21)/t12-,13+/m0/s1. The lowest BCUT2D eigenvalue weighted by Crippen LogP contribution is -2.33. The molecule has 1 saturated carbocycles. The molecule has 0 unspecified atom stereocenters. The van der Waals surface area contributed by atoms with Gasteiger partial charge in [-0.25, -0.2) is 0 Å². The van der Waals surface area contributed by atoms with Crippen LogP contribution in [-0.2, 0) is 4.79 Å². The highest BCUT2D eigenvalue weighted by atomic mass is 16.4. The van der Waals surface area contributed by atoms with Gasteiger partial charge in [-0.2, -0.15) is 0 Å². The molecule has 1 aliphatic rings. The van der Waals surface area contributed by atoms with Crippen LogP contribution in [0.25, 0.3) is 0 Å². The number of rotatable bonds is 4. The zero-order valence-corrected chi connectivity index (χ0v) is 13.1. The van der Waals surface area contributed by atoms with Crippen molar-refractivity contribution in [3.05, 3.63) is 23.0 Å². The molecule has 0 bridgehead atoms. The second kappa shape index (κ2) is 5.92. The number of carboxylic acid groups (broad SMARTS) is 1. The summed E-state index contributed by atoms with van der Waals surface area (Å²) in [6.07, 6.45) is 1.92. The minimum Gasteiger partial charge on any atom is -0.481 e. The first-order chi connectivity index (χ1) is 9.81. The first kappa shape index (κ1) is 15.6. The van der Waals surface area contributed by atoms with Gasteiger partial charge in [0.15, 0.2) is 0 Å². The molecule has 21 heavy (non-hydrogen) atoms. The Bertz CT molecular complexity index is 560. The number of nitrogens with one attached hydrogen (secondary N) is 1. The van der Waals surface area contributed by atoms with Crippen molar-refractivity contribution in [2.24, 2.45) is 5.92 Å². The Balaban J connectivity index is 2.08. The van der Waals surface area contributed by atoms with Crippen LogP contribution < -0.4 is 5.32 Å². The van der Waals surface area contributed by atoms with Gasteiger partial charge in [0.1, 0.15) is 0 Å². The Hall–Kier alpha value is -1.78. The van der Waals surface area contributed by atoms with Crippen molar-refractivity contribution in [1.29, 1.82) is 0 Å². The number of aryl methyl sites for hydroxylation is 1. The molecule has 0 saturated heterocycles. The van der Waals surface area contributed by atoms with Crippen LogP contribution in [0.5, 0.6) is 0 Å². The van der Waals surface area contributed by atoms with Gasteiger partial charge in [0.2, 0.25) is 0 Å². The predicted molar refractivity (Wildman–Crippen MR) is 80.5 cm³/mol. The van der Waals surface area contributed by atoms with Gasteiger partial charge >= 0.3 is 5.97 Å². The smallest absolute Gasteiger partial charge is 0.306 e. The molecular weight excluding hydrogens is 268 g/mol. The summed E-state index contributed by atoms with van der Waals surface area (Å²) in [5, 5.41) is 12.0. The quantitative estimate of drug-likeness (QED) is 0.896. The first-order valence-electron chi connectivity index (χ1n) is 7.53. The van der Waals surface area contributed by atoms with Crippen molar-refractivity contribution in [2.45, 2.75) is 59.0 Å². The molecule has 2 atom stereocenters. The monoisotopic (exact) mass is 292 g/mol. The normalized spacial score (nSPS) is 21.8. The van der Waals surface area contributed by atoms with Crippen LogP contribution >= 0.6 is 0 Å². The predicted octanol–water partition coefficient (Wildman–Crippen LogP) is 2.67. The summed E-state index contributed by atoms with van der Waals surface area (Å²) in [5.41, 5.74) is 2.73. The van der Waals surface area contributed by atoms with Gasteiger partial charge in [0.25, 0.3) is 5.91 Å². The average Bonchev–Trinajstić information content (AvgIpc) is 2.94. The van der Waals surface area contributed by atoms with Crippen LogP contribution in [0.1, 0.15) is 60.9 Å². The summed E-state index contributed by atoms with van der Waals surface area (Å²) in [5.74, 6) is -1.17. The molecule has 1 heterocycles. The summed E-state index contributed by atoms with van der Waals surface area (Å²) in [4.78, 5) is 23.4. The molecule has 1 amide bonds. The maximum absolute atomic E-state index is 12.4. The van der Waals surface area contributed by atoms with Crippen LogP contribution in [0, 0.1) is 19.8 Å². The second-order valence-corrected chi connectivity index (χ2v) is 6.27. The molecule has 0 spiro atoms. The maximum Gasteiger partial charge on any atom is 0.306 e. The van der Waals surface area contributed by atoms with E-state index >= 15 is 0 Å². The van der Waals surface area contributed by atoms with Crippen molar-refractivity contribution in [3.8, 4) is 0 Å². The molecule has 2 rings (SSSR count). The van der Waals surface area contributed by atoms with E-state index in [-0.39, 0.29) is 17.9 Å². The van der Waals surface area contributed by atoms with Crippen LogP contribution in [0.3, 0.4) is 0 Å². The number of hydrogen-bond donors (Lipinski definition) is 2. The Labute approximate surface area is 125 Å². The van der Waals surface area contributed by atoms with Gasteiger partial charge in [0.05, 0.1) is 11.5 Å². The Kier molecular flexibility index (Phi) is 4.40. The van der Waals surface area contributed by atoms with E-state index in [9.17, 15) is 9.59 Å². The largest absolute Gasteiger partial charge is 0.481 e. The molecule has 1 aromatic rings. The summed E-state index contributed by atoms with van der Waals surface area (Å²) < 4.78 is 2.14. The van der Waals surface area contributed by atoms with Gasteiger partial charge in [-0.05, 0) is 53.0 Å². The summed E-state index contributed by atoms with van der Waals surface area (Å²) in [6.45, 7) is 8.14. The highest BCUT2D eigenvalue weighted by molar-refractivity contribution is 5.96. The van der Waals surface area contributed by atoms with Crippen molar-refractivity contribution < 1.29 is 14.7 Å². The molecule has 0 aromatic carbocycles. The molecule has 1 fully saturated rings. The SMILES string of the molecule is Cc1cc(C(=O)N[C@@H]2CC[C@H](C(=O)O)C2)c(C)n1C(C)C. The third-order valence-corrected chi connectivity index (χ3v) is 4.36. The summed E-state index contributed by atoms with van der Waals surface area (Å²) >= 11 is 0. The molecule has 5 nitrogen and oxygen atoms in total. The fraction of sp³-hybridized carbons (Fsp3) is 0.625. The topological polar surface area (TPSA) is 71.3 Å². The Morgan fingerprint density at radius 3 is 2.48 bits per heavy atom. The summed E-state index contributed by atoms with van der Waals surface area (Å²) in [7, 11) is 0. The van der Waals surface area contributed by atoms with E-state index in [0.29, 0.717) is 24.4 Å². The molecule has 116 valence electrons. The molecule has 0 aliphatic heterocycles. The molecule has 1 aromatic heterocycles. The van der Waals surface area contributed by atoms with Gasteiger partial charge in [-0.15, -0.1) is 0 Å². The minimum absolute atomic E-state index is 0.0271. The third kappa shape index (κ3) is 3.12. The van der Waals surface area contributed by atoms with E-state index in [1.807, 2.05) is 19.9 Å². The number of carboxylic acids is 1. The van der Waals surface area contributed by atoms with Gasteiger partial charge in [-0.3, -0.25) is 9.59 Å². The van der Waals surface area contributed by atoms with E-state index in [1.54, 1.807) is 0 Å². The van der Waals surface area contributed by atoms with Gasteiger partial charge in [0, 0.05) is 23.5 Å². The number of amides is 1. The van der Waals surface area contributed by atoms with E-state index in [4.69, 9.17) is 5.11 Å². The molecule has 5 heteroatoms. The lowest BCUT2D eigenvalue weighted by atomic mass is 10.1. The number of nitrogens with zero attached hydrogens (tertiary/aromatic N) is 1. The van der Waals surface area contributed by atoms with E-state index in [2.05, 4.69) is 23.7 Å². The maximum atomic E-state index is 12.4. The minimum atomic E-state index is -0.760. The lowest BCUT2D eigenvalue weighted by Gasteiger charge is -2.15. The first-order valence-corrected chi connectivity index (χ1v) is 7.53. The average molecular weight is 292 g/mol. The van der Waals surface area contributed by atoms with E-state index in [0.717, 1.165) is 17.8 Å². The zero-order chi connectivity index (χ0) is 15.7. The van der Waals surface area contributed by atoms with Crippen LogP contribution in [0.15, 0.2) is 6.07 Å². The second-order valence-electron chi connectivity index (χ2n) is 6.27. The van der Waals surface area contributed by atoms with Crippen LogP contribution in [-0.4, -0.2) is 27.6 Å². The number of aliphatic carboxylic acids is 1. The fourth-order valence-corrected chi connectivity index (χ4v) is 3.40. The molecule has 2 N–H and O–H groups in total. The summed E-state index contributed by atoms with van der Waals surface area (Å²) in [6, 6.07) is 2.20.